The van der Waals surface area contributed by atoms with Gasteiger partial charge in [0.1, 0.15) is 0 Å². The van der Waals surface area contributed by atoms with E-state index in [9.17, 15) is 4.79 Å². The summed E-state index contributed by atoms with van der Waals surface area (Å²) in [6, 6.07) is 8.94. The average molecular weight is 254 g/mol. The van der Waals surface area contributed by atoms with Crippen LogP contribution in [0.15, 0.2) is 36.5 Å². The molecule has 5 heteroatoms. The topological polar surface area (TPSA) is 72.9 Å². The van der Waals surface area contributed by atoms with E-state index in [0.717, 1.165) is 5.69 Å². The van der Waals surface area contributed by atoms with Crippen LogP contribution in [0, 0.1) is 11.8 Å². The molecule has 5 nitrogen and oxygen atoms in total. The van der Waals surface area contributed by atoms with Crippen LogP contribution in [0.5, 0.6) is 0 Å². The zero-order valence-corrected chi connectivity index (χ0v) is 10.6. The fraction of sp³-hybridized carbons (Fsp3) is 0.143. The van der Waals surface area contributed by atoms with E-state index in [1.54, 1.807) is 36.0 Å². The number of anilines is 1. The third-order valence-corrected chi connectivity index (χ3v) is 2.47. The average Bonchev–Trinajstić information content (AvgIpc) is 2.88. The third-order valence-electron chi connectivity index (χ3n) is 2.47. The fourth-order valence-corrected chi connectivity index (χ4v) is 1.56. The highest BCUT2D eigenvalue weighted by Crippen LogP contribution is 2.11. The zero-order chi connectivity index (χ0) is 13.7. The molecule has 1 aromatic carbocycles. The van der Waals surface area contributed by atoms with Gasteiger partial charge >= 0.3 is 0 Å². The second kappa shape index (κ2) is 5.74. The minimum atomic E-state index is -0.245. The molecule has 0 bridgehead atoms. The number of nitrogens with one attached hydrogen (secondary N) is 1. The summed E-state index contributed by atoms with van der Waals surface area (Å²) in [5.74, 6) is 5.22. The van der Waals surface area contributed by atoms with Gasteiger partial charge < -0.3 is 11.1 Å². The monoisotopic (exact) mass is 254 g/mol. The molecular weight excluding hydrogens is 240 g/mol. The highest BCUT2D eigenvalue weighted by Gasteiger charge is 2.09. The smallest absolute Gasteiger partial charge is 0.272 e. The minimum Gasteiger partial charge on any atom is -0.399 e. The number of nitrogen functional groups attached to an aromatic ring is 1. The molecule has 19 heavy (non-hydrogen) atoms. The molecule has 0 unspecified atom stereocenters. The molecule has 0 spiro atoms. The molecule has 3 N–H and O–H groups in total. The molecule has 96 valence electrons. The first-order valence-corrected chi connectivity index (χ1v) is 5.80. The Kier molecular flexibility index (Phi) is 3.84. The van der Waals surface area contributed by atoms with E-state index in [1.807, 2.05) is 12.1 Å². The Bertz CT molecular complexity index is 649. The van der Waals surface area contributed by atoms with E-state index in [-0.39, 0.29) is 5.91 Å². The molecule has 0 radical (unpaired) electrons. The number of amides is 1. The van der Waals surface area contributed by atoms with Gasteiger partial charge in [0, 0.05) is 11.9 Å². The van der Waals surface area contributed by atoms with E-state index in [2.05, 4.69) is 22.3 Å². The summed E-state index contributed by atoms with van der Waals surface area (Å²) in [6.45, 7) is 2.04. The van der Waals surface area contributed by atoms with Crippen molar-refractivity contribution in [2.24, 2.45) is 0 Å². The molecule has 0 aliphatic carbocycles. The Hall–Kier alpha value is -2.74. The quantitative estimate of drug-likeness (QED) is 0.638. The molecule has 1 aromatic heterocycles. The summed E-state index contributed by atoms with van der Waals surface area (Å²) in [6.07, 6.45) is 1.72. The van der Waals surface area contributed by atoms with Crippen molar-refractivity contribution in [2.45, 2.75) is 6.92 Å². The molecule has 1 amide bonds. The Morgan fingerprint density at radius 1 is 1.47 bits per heavy atom. The number of carbonyl (C=O) groups is 1. The van der Waals surface area contributed by atoms with E-state index in [4.69, 9.17) is 5.73 Å². The summed E-state index contributed by atoms with van der Waals surface area (Å²) < 4.78 is 1.61. The first kappa shape index (κ1) is 12.7. The predicted octanol–water partition coefficient (Wildman–Crippen LogP) is 1.21. The van der Waals surface area contributed by atoms with Gasteiger partial charge in [0.25, 0.3) is 5.91 Å². The maximum atomic E-state index is 11.8. The van der Waals surface area contributed by atoms with Crippen LogP contribution in [0.25, 0.3) is 5.69 Å². The van der Waals surface area contributed by atoms with Gasteiger partial charge in [-0.05, 0) is 31.2 Å². The van der Waals surface area contributed by atoms with Crippen molar-refractivity contribution in [3.63, 3.8) is 0 Å². The zero-order valence-electron chi connectivity index (χ0n) is 10.6. The van der Waals surface area contributed by atoms with E-state index in [0.29, 0.717) is 17.9 Å². The number of carbonyl (C=O) groups excluding carboxylic acids is 1. The van der Waals surface area contributed by atoms with Gasteiger partial charge in [-0.15, -0.1) is 5.92 Å². The first-order chi connectivity index (χ1) is 9.20. The van der Waals surface area contributed by atoms with Crippen LogP contribution in [0.1, 0.15) is 17.4 Å². The summed E-state index contributed by atoms with van der Waals surface area (Å²) in [5.41, 5.74) is 7.52. The number of hydrogen-bond donors (Lipinski definition) is 2. The van der Waals surface area contributed by atoms with Crippen molar-refractivity contribution in [2.75, 3.05) is 12.3 Å². The van der Waals surface area contributed by atoms with Crippen molar-refractivity contribution >= 4 is 11.6 Å². The van der Waals surface area contributed by atoms with E-state index >= 15 is 0 Å². The van der Waals surface area contributed by atoms with Gasteiger partial charge in [-0.25, -0.2) is 4.68 Å². The largest absolute Gasteiger partial charge is 0.399 e. The van der Waals surface area contributed by atoms with Crippen molar-refractivity contribution in [1.82, 2.24) is 15.1 Å². The summed E-state index contributed by atoms with van der Waals surface area (Å²) in [4.78, 5) is 11.8. The van der Waals surface area contributed by atoms with Crippen LogP contribution < -0.4 is 11.1 Å². The lowest BCUT2D eigenvalue weighted by molar-refractivity contribution is 0.0953. The molecule has 0 fully saturated rings. The van der Waals surface area contributed by atoms with Crippen LogP contribution in [0.3, 0.4) is 0 Å². The van der Waals surface area contributed by atoms with Gasteiger partial charge in [-0.2, -0.15) is 5.10 Å². The minimum absolute atomic E-state index is 0.245. The third kappa shape index (κ3) is 3.13. The highest BCUT2D eigenvalue weighted by atomic mass is 16.1. The Balaban J connectivity index is 2.14. The lowest BCUT2D eigenvalue weighted by atomic mass is 10.3. The van der Waals surface area contributed by atoms with Crippen LogP contribution >= 0.6 is 0 Å². The van der Waals surface area contributed by atoms with E-state index < -0.39 is 0 Å². The summed E-state index contributed by atoms with van der Waals surface area (Å²) >= 11 is 0. The van der Waals surface area contributed by atoms with Gasteiger partial charge in [0.05, 0.1) is 12.2 Å². The van der Waals surface area contributed by atoms with Crippen molar-refractivity contribution in [3.8, 4) is 17.5 Å². The SMILES string of the molecule is CC#CCNC(=O)c1ccn(-c2cccc(N)c2)n1. The van der Waals surface area contributed by atoms with Gasteiger partial charge in [-0.1, -0.05) is 12.0 Å². The Morgan fingerprint density at radius 3 is 3.05 bits per heavy atom. The predicted molar refractivity (Wildman–Crippen MR) is 73.8 cm³/mol. The maximum Gasteiger partial charge on any atom is 0.272 e. The van der Waals surface area contributed by atoms with Crippen molar-refractivity contribution in [1.29, 1.82) is 0 Å². The van der Waals surface area contributed by atoms with Crippen LogP contribution in [0.4, 0.5) is 5.69 Å². The van der Waals surface area contributed by atoms with Crippen LogP contribution in [-0.4, -0.2) is 22.2 Å². The highest BCUT2D eigenvalue weighted by molar-refractivity contribution is 5.92. The molecule has 0 atom stereocenters. The Labute approximate surface area is 111 Å². The number of nitrogens with two attached hydrogens (primary N) is 1. The van der Waals surface area contributed by atoms with Crippen molar-refractivity contribution < 1.29 is 4.79 Å². The second-order valence-corrected chi connectivity index (χ2v) is 3.85. The van der Waals surface area contributed by atoms with Crippen LogP contribution in [-0.2, 0) is 0 Å². The maximum absolute atomic E-state index is 11.8. The normalized spacial score (nSPS) is 9.53. The number of nitrogens with zero attached hydrogens (tertiary/aromatic N) is 2. The Morgan fingerprint density at radius 2 is 2.32 bits per heavy atom. The molecule has 0 saturated heterocycles. The fourth-order valence-electron chi connectivity index (χ4n) is 1.56. The summed E-state index contributed by atoms with van der Waals surface area (Å²) in [7, 11) is 0. The lowest BCUT2D eigenvalue weighted by Crippen LogP contribution is -2.24. The molecule has 2 rings (SSSR count). The molecule has 0 aliphatic heterocycles. The first-order valence-electron chi connectivity index (χ1n) is 5.80. The number of rotatable bonds is 3. The molecule has 1 heterocycles. The molecule has 0 saturated carbocycles. The van der Waals surface area contributed by atoms with Crippen molar-refractivity contribution in [3.05, 3.63) is 42.2 Å². The van der Waals surface area contributed by atoms with Crippen LogP contribution in [0.2, 0.25) is 0 Å². The number of benzene rings is 1. The van der Waals surface area contributed by atoms with Gasteiger partial charge in [0.15, 0.2) is 5.69 Å². The summed E-state index contributed by atoms with van der Waals surface area (Å²) in [5, 5.41) is 6.86. The molecule has 0 aliphatic rings. The molecule has 2 aromatic rings. The second-order valence-electron chi connectivity index (χ2n) is 3.85. The van der Waals surface area contributed by atoms with Gasteiger partial charge in [0.2, 0.25) is 0 Å². The lowest BCUT2D eigenvalue weighted by Gasteiger charge is -2.02. The molecular formula is C14H14N4O. The number of hydrogen-bond acceptors (Lipinski definition) is 3. The van der Waals surface area contributed by atoms with E-state index in [1.165, 1.54) is 0 Å². The van der Waals surface area contributed by atoms with Gasteiger partial charge in [-0.3, -0.25) is 4.79 Å². The standard InChI is InChI=1S/C14H14N4O/c1-2-3-8-16-14(19)13-7-9-18(17-13)12-6-4-5-11(15)10-12/h4-7,9-10H,8,15H2,1H3,(H,16,19). The number of aromatic nitrogens is 2.